The SMILES string of the molecule is C#Cc1cccc(C#Cc2cccc(C)n2)c1. The Morgan fingerprint density at radius 1 is 1.00 bits per heavy atom. The fourth-order valence-electron chi connectivity index (χ4n) is 1.44. The monoisotopic (exact) mass is 217 g/mol. The molecule has 0 aliphatic heterocycles. The lowest BCUT2D eigenvalue weighted by molar-refractivity contribution is 1.18. The van der Waals surface area contributed by atoms with Gasteiger partial charge in [0.15, 0.2) is 0 Å². The molecule has 1 heterocycles. The first kappa shape index (κ1) is 11.0. The van der Waals surface area contributed by atoms with Crippen molar-refractivity contribution in [3.05, 3.63) is 65.0 Å². The standard InChI is InChI=1S/C16H11N/c1-3-14-7-5-8-15(12-14)10-11-16-9-4-6-13(2)17-16/h1,4-9,12H,2H3. The summed E-state index contributed by atoms with van der Waals surface area (Å²) in [6.07, 6.45) is 5.34. The van der Waals surface area contributed by atoms with Crippen LogP contribution < -0.4 is 0 Å². The molecule has 1 aromatic carbocycles. The summed E-state index contributed by atoms with van der Waals surface area (Å²) in [6.45, 7) is 1.95. The maximum atomic E-state index is 5.34. The fraction of sp³-hybridized carbons (Fsp3) is 0.0625. The van der Waals surface area contributed by atoms with Gasteiger partial charge in [-0.15, -0.1) is 6.42 Å². The first-order valence-corrected chi connectivity index (χ1v) is 5.30. The zero-order valence-electron chi connectivity index (χ0n) is 9.57. The summed E-state index contributed by atoms with van der Waals surface area (Å²) in [4.78, 5) is 4.32. The highest BCUT2D eigenvalue weighted by molar-refractivity contribution is 5.45. The van der Waals surface area contributed by atoms with Gasteiger partial charge in [0.25, 0.3) is 0 Å². The third-order valence-electron chi connectivity index (χ3n) is 2.25. The third-order valence-corrected chi connectivity index (χ3v) is 2.25. The highest BCUT2D eigenvalue weighted by Crippen LogP contribution is 2.03. The second-order valence-corrected chi connectivity index (χ2v) is 3.64. The molecule has 1 heteroatoms. The molecule has 1 nitrogen and oxygen atoms in total. The van der Waals surface area contributed by atoms with Gasteiger partial charge in [0.1, 0.15) is 5.69 Å². The summed E-state index contributed by atoms with van der Waals surface area (Å²) in [6, 6.07) is 13.4. The van der Waals surface area contributed by atoms with Crippen molar-refractivity contribution in [1.82, 2.24) is 4.98 Å². The van der Waals surface area contributed by atoms with Crippen molar-refractivity contribution in [1.29, 1.82) is 0 Å². The van der Waals surface area contributed by atoms with Crippen LogP contribution in [0.5, 0.6) is 0 Å². The van der Waals surface area contributed by atoms with Gasteiger partial charge in [-0.1, -0.05) is 24.0 Å². The van der Waals surface area contributed by atoms with Gasteiger partial charge in [-0.05, 0) is 43.2 Å². The number of hydrogen-bond donors (Lipinski definition) is 0. The Labute approximate surface area is 102 Å². The second kappa shape index (κ2) is 5.01. The van der Waals surface area contributed by atoms with Crippen molar-refractivity contribution < 1.29 is 0 Å². The van der Waals surface area contributed by atoms with Crippen LogP contribution in [0.4, 0.5) is 0 Å². The van der Waals surface area contributed by atoms with E-state index >= 15 is 0 Å². The highest BCUT2D eigenvalue weighted by atomic mass is 14.7. The summed E-state index contributed by atoms with van der Waals surface area (Å²) in [7, 11) is 0. The molecule has 1 aromatic heterocycles. The number of hydrogen-bond acceptors (Lipinski definition) is 1. The highest BCUT2D eigenvalue weighted by Gasteiger charge is 1.91. The minimum atomic E-state index is 0.774. The molecule has 0 N–H and O–H groups in total. The van der Waals surface area contributed by atoms with Gasteiger partial charge >= 0.3 is 0 Å². The largest absolute Gasteiger partial charge is 0.245 e. The lowest BCUT2D eigenvalue weighted by atomic mass is 10.1. The van der Waals surface area contributed by atoms with Crippen molar-refractivity contribution in [3.8, 4) is 24.2 Å². The second-order valence-electron chi connectivity index (χ2n) is 3.64. The van der Waals surface area contributed by atoms with Crippen molar-refractivity contribution in [2.75, 3.05) is 0 Å². The van der Waals surface area contributed by atoms with Gasteiger partial charge in [0.05, 0.1) is 0 Å². The number of terminal acetylenes is 1. The zero-order chi connectivity index (χ0) is 12.1. The van der Waals surface area contributed by atoms with Gasteiger partial charge < -0.3 is 0 Å². The molecule has 0 aliphatic carbocycles. The summed E-state index contributed by atoms with van der Waals surface area (Å²) in [5.41, 5.74) is 3.49. The third kappa shape index (κ3) is 2.97. The number of rotatable bonds is 0. The Bertz CT molecular complexity index is 636. The van der Waals surface area contributed by atoms with E-state index in [1.165, 1.54) is 0 Å². The van der Waals surface area contributed by atoms with E-state index in [9.17, 15) is 0 Å². The van der Waals surface area contributed by atoms with Crippen LogP contribution in [0.1, 0.15) is 22.5 Å². The minimum absolute atomic E-state index is 0.774. The Hall–Kier alpha value is -2.51. The quantitative estimate of drug-likeness (QED) is 0.618. The summed E-state index contributed by atoms with van der Waals surface area (Å²) in [5, 5.41) is 0. The first-order valence-electron chi connectivity index (χ1n) is 5.30. The molecule has 0 atom stereocenters. The van der Waals surface area contributed by atoms with Gasteiger partial charge in [-0.25, -0.2) is 4.98 Å². The average Bonchev–Trinajstić information content (AvgIpc) is 2.37. The lowest BCUT2D eigenvalue weighted by Gasteiger charge is -1.93. The van der Waals surface area contributed by atoms with E-state index in [0.717, 1.165) is 22.5 Å². The Morgan fingerprint density at radius 3 is 2.53 bits per heavy atom. The molecule has 17 heavy (non-hydrogen) atoms. The summed E-state index contributed by atoms with van der Waals surface area (Å²) < 4.78 is 0. The molecular formula is C16H11N. The predicted molar refractivity (Wildman–Crippen MR) is 69.3 cm³/mol. The fourth-order valence-corrected chi connectivity index (χ4v) is 1.44. The van der Waals surface area contributed by atoms with E-state index in [2.05, 4.69) is 22.7 Å². The Balaban J connectivity index is 2.30. The molecule has 2 aromatic rings. The van der Waals surface area contributed by atoms with E-state index in [0.29, 0.717) is 0 Å². The van der Waals surface area contributed by atoms with Gasteiger partial charge in [-0.2, -0.15) is 0 Å². The molecule has 0 spiro atoms. The van der Waals surface area contributed by atoms with E-state index in [4.69, 9.17) is 6.42 Å². The Morgan fingerprint density at radius 2 is 1.76 bits per heavy atom. The van der Waals surface area contributed by atoms with Crippen molar-refractivity contribution in [2.45, 2.75) is 6.92 Å². The smallest absolute Gasteiger partial charge is 0.113 e. The molecule has 0 fully saturated rings. The summed E-state index contributed by atoms with van der Waals surface area (Å²) >= 11 is 0. The van der Waals surface area contributed by atoms with Crippen molar-refractivity contribution in [3.63, 3.8) is 0 Å². The Kier molecular flexibility index (Phi) is 3.24. The molecule has 0 radical (unpaired) electrons. The van der Waals surface area contributed by atoms with Crippen LogP contribution in [-0.4, -0.2) is 4.98 Å². The number of aromatic nitrogens is 1. The molecule has 2 rings (SSSR count). The van der Waals surface area contributed by atoms with E-state index in [1.54, 1.807) is 0 Å². The van der Waals surface area contributed by atoms with Crippen LogP contribution in [-0.2, 0) is 0 Å². The van der Waals surface area contributed by atoms with Gasteiger partial charge in [0.2, 0.25) is 0 Å². The minimum Gasteiger partial charge on any atom is -0.245 e. The maximum absolute atomic E-state index is 5.34. The molecule has 0 bridgehead atoms. The van der Waals surface area contributed by atoms with Gasteiger partial charge in [-0.3, -0.25) is 0 Å². The van der Waals surface area contributed by atoms with Crippen LogP contribution in [0.3, 0.4) is 0 Å². The van der Waals surface area contributed by atoms with Crippen LogP contribution >= 0.6 is 0 Å². The normalized spacial score (nSPS) is 8.94. The van der Waals surface area contributed by atoms with Crippen LogP contribution in [0.25, 0.3) is 0 Å². The predicted octanol–water partition coefficient (Wildman–Crippen LogP) is 2.77. The van der Waals surface area contributed by atoms with E-state index in [1.807, 2.05) is 49.4 Å². The van der Waals surface area contributed by atoms with E-state index in [-0.39, 0.29) is 0 Å². The van der Waals surface area contributed by atoms with Gasteiger partial charge in [0, 0.05) is 16.8 Å². The van der Waals surface area contributed by atoms with Crippen LogP contribution in [0.2, 0.25) is 0 Å². The number of benzene rings is 1. The molecule has 0 aliphatic rings. The van der Waals surface area contributed by atoms with Crippen LogP contribution in [0, 0.1) is 31.1 Å². The molecule has 0 amide bonds. The molecule has 0 saturated carbocycles. The molecular weight excluding hydrogens is 206 g/mol. The van der Waals surface area contributed by atoms with Crippen molar-refractivity contribution >= 4 is 0 Å². The average molecular weight is 217 g/mol. The summed E-state index contributed by atoms with van der Waals surface area (Å²) in [5.74, 6) is 8.67. The number of pyridine rings is 1. The number of nitrogens with zero attached hydrogens (tertiary/aromatic N) is 1. The molecule has 0 unspecified atom stereocenters. The molecule has 0 saturated heterocycles. The van der Waals surface area contributed by atoms with Crippen molar-refractivity contribution in [2.24, 2.45) is 0 Å². The number of aryl methyl sites for hydroxylation is 1. The molecule has 80 valence electrons. The lowest BCUT2D eigenvalue weighted by Crippen LogP contribution is -1.85. The van der Waals surface area contributed by atoms with Crippen LogP contribution in [0.15, 0.2) is 42.5 Å². The van der Waals surface area contributed by atoms with E-state index < -0.39 is 0 Å². The zero-order valence-corrected chi connectivity index (χ0v) is 9.57. The maximum Gasteiger partial charge on any atom is 0.113 e. The first-order chi connectivity index (χ1) is 8.28. The topological polar surface area (TPSA) is 12.9 Å².